The van der Waals surface area contributed by atoms with Crippen molar-refractivity contribution in [3.63, 3.8) is 0 Å². The van der Waals surface area contributed by atoms with Gasteiger partial charge in [-0.05, 0) is 37.6 Å². The van der Waals surface area contributed by atoms with Crippen LogP contribution in [0, 0.1) is 0 Å². The number of carbonyl (C=O) groups is 2. The second kappa shape index (κ2) is 7.41. The molecule has 4 heteroatoms. The topological polar surface area (TPSA) is 55.4 Å². The van der Waals surface area contributed by atoms with Crippen LogP contribution in [-0.2, 0) is 4.79 Å². The van der Waals surface area contributed by atoms with Gasteiger partial charge < -0.3 is 10.1 Å². The van der Waals surface area contributed by atoms with E-state index in [2.05, 4.69) is 5.32 Å². The lowest BCUT2D eigenvalue weighted by atomic mass is 10.1. The summed E-state index contributed by atoms with van der Waals surface area (Å²) in [5, 5.41) is 2.82. The van der Waals surface area contributed by atoms with Crippen LogP contribution in [0.4, 0.5) is 5.69 Å². The first-order valence-electron chi connectivity index (χ1n) is 7.23. The van der Waals surface area contributed by atoms with Crippen LogP contribution < -0.4 is 10.1 Å². The van der Waals surface area contributed by atoms with E-state index in [-0.39, 0.29) is 11.7 Å². The fraction of sp³-hybridized carbons (Fsp3) is 0.222. The fourth-order valence-corrected chi connectivity index (χ4v) is 2.02. The highest BCUT2D eigenvalue weighted by Crippen LogP contribution is 2.17. The molecule has 1 amide bonds. The van der Waals surface area contributed by atoms with Gasteiger partial charge in [-0.15, -0.1) is 0 Å². The predicted molar refractivity (Wildman–Crippen MR) is 86.2 cm³/mol. The van der Waals surface area contributed by atoms with Gasteiger partial charge in [0, 0.05) is 11.3 Å². The molecule has 0 spiro atoms. The second-order valence-electron chi connectivity index (χ2n) is 4.95. The van der Waals surface area contributed by atoms with Crippen molar-refractivity contribution in [2.24, 2.45) is 0 Å². The number of ketones is 1. The van der Waals surface area contributed by atoms with E-state index < -0.39 is 6.10 Å². The number of hydrogen-bond acceptors (Lipinski definition) is 3. The molecule has 0 aliphatic rings. The Morgan fingerprint density at radius 1 is 1.09 bits per heavy atom. The Morgan fingerprint density at radius 3 is 2.45 bits per heavy atom. The van der Waals surface area contributed by atoms with Gasteiger partial charge in [0.05, 0.1) is 0 Å². The number of carbonyl (C=O) groups excluding carboxylic acids is 2. The highest BCUT2D eigenvalue weighted by atomic mass is 16.5. The van der Waals surface area contributed by atoms with Crippen molar-refractivity contribution in [3.8, 4) is 5.75 Å². The Labute approximate surface area is 130 Å². The van der Waals surface area contributed by atoms with Crippen LogP contribution in [0.3, 0.4) is 0 Å². The Hall–Kier alpha value is -2.62. The summed E-state index contributed by atoms with van der Waals surface area (Å²) in [7, 11) is 0. The van der Waals surface area contributed by atoms with Crippen LogP contribution >= 0.6 is 0 Å². The summed E-state index contributed by atoms with van der Waals surface area (Å²) < 4.78 is 5.72. The Kier molecular flexibility index (Phi) is 5.31. The van der Waals surface area contributed by atoms with Crippen LogP contribution in [0.15, 0.2) is 54.6 Å². The molecule has 0 aromatic heterocycles. The first-order chi connectivity index (χ1) is 10.6. The van der Waals surface area contributed by atoms with Crippen molar-refractivity contribution < 1.29 is 14.3 Å². The summed E-state index contributed by atoms with van der Waals surface area (Å²) in [4.78, 5) is 23.7. The van der Waals surface area contributed by atoms with Gasteiger partial charge >= 0.3 is 0 Å². The Balaban J connectivity index is 2.07. The van der Waals surface area contributed by atoms with Crippen molar-refractivity contribution >= 4 is 17.4 Å². The van der Waals surface area contributed by atoms with Gasteiger partial charge in [0.25, 0.3) is 5.91 Å². The van der Waals surface area contributed by atoms with E-state index in [0.29, 0.717) is 17.7 Å². The molecule has 2 aromatic carbocycles. The zero-order valence-electron chi connectivity index (χ0n) is 12.7. The SMILES string of the molecule is CC[C@@H](Oc1cccc(C(C)=O)c1)C(=O)Nc1ccccc1. The Bertz CT molecular complexity index is 652. The average molecular weight is 297 g/mol. The van der Waals surface area contributed by atoms with E-state index in [0.717, 1.165) is 5.69 Å². The minimum Gasteiger partial charge on any atom is -0.481 e. The zero-order chi connectivity index (χ0) is 15.9. The predicted octanol–water partition coefficient (Wildman–Crippen LogP) is 3.69. The smallest absolute Gasteiger partial charge is 0.265 e. The lowest BCUT2D eigenvalue weighted by molar-refractivity contribution is -0.122. The molecule has 1 N–H and O–H groups in total. The van der Waals surface area contributed by atoms with Gasteiger partial charge in [0.15, 0.2) is 11.9 Å². The molecule has 0 aliphatic carbocycles. The molecule has 22 heavy (non-hydrogen) atoms. The van der Waals surface area contributed by atoms with Gasteiger partial charge in [-0.3, -0.25) is 9.59 Å². The van der Waals surface area contributed by atoms with Crippen molar-refractivity contribution in [2.75, 3.05) is 5.32 Å². The number of anilines is 1. The zero-order valence-corrected chi connectivity index (χ0v) is 12.7. The molecular weight excluding hydrogens is 278 g/mol. The van der Waals surface area contributed by atoms with E-state index in [1.54, 1.807) is 24.3 Å². The third-order valence-electron chi connectivity index (χ3n) is 3.22. The molecule has 0 fully saturated rings. The van der Waals surface area contributed by atoms with Crippen molar-refractivity contribution in [1.29, 1.82) is 0 Å². The third-order valence-corrected chi connectivity index (χ3v) is 3.22. The molecule has 0 saturated carbocycles. The van der Waals surface area contributed by atoms with Crippen molar-refractivity contribution in [2.45, 2.75) is 26.4 Å². The van der Waals surface area contributed by atoms with Gasteiger partial charge in [-0.2, -0.15) is 0 Å². The summed E-state index contributed by atoms with van der Waals surface area (Å²) in [6.07, 6.45) is -0.0782. The first kappa shape index (κ1) is 15.8. The number of hydrogen-bond donors (Lipinski definition) is 1. The molecule has 4 nitrogen and oxygen atoms in total. The molecular formula is C18H19NO3. The maximum Gasteiger partial charge on any atom is 0.265 e. The number of ether oxygens (including phenoxy) is 1. The molecule has 2 rings (SSSR count). The molecule has 0 heterocycles. The second-order valence-corrected chi connectivity index (χ2v) is 4.95. The number of amides is 1. The van der Waals surface area contributed by atoms with Gasteiger partial charge in [0.2, 0.25) is 0 Å². The highest BCUT2D eigenvalue weighted by molar-refractivity contribution is 5.95. The molecule has 114 valence electrons. The summed E-state index contributed by atoms with van der Waals surface area (Å²) in [6, 6.07) is 16.1. The summed E-state index contributed by atoms with van der Waals surface area (Å²) >= 11 is 0. The largest absolute Gasteiger partial charge is 0.481 e. The molecule has 0 aliphatic heterocycles. The average Bonchev–Trinajstić information content (AvgIpc) is 2.53. The number of Topliss-reactive ketones (excluding diaryl/α,β-unsaturated/α-hetero) is 1. The normalized spacial score (nSPS) is 11.5. The van der Waals surface area contributed by atoms with Crippen LogP contribution in [0.5, 0.6) is 5.75 Å². The van der Waals surface area contributed by atoms with E-state index in [1.165, 1.54) is 6.92 Å². The maximum absolute atomic E-state index is 12.3. The van der Waals surface area contributed by atoms with Gasteiger partial charge in [-0.1, -0.05) is 37.3 Å². The first-order valence-corrected chi connectivity index (χ1v) is 7.23. The maximum atomic E-state index is 12.3. The van der Waals surface area contributed by atoms with E-state index in [1.807, 2.05) is 37.3 Å². The standard InChI is InChI=1S/C18H19NO3/c1-3-17(18(21)19-15-9-5-4-6-10-15)22-16-11-7-8-14(12-16)13(2)20/h4-12,17H,3H2,1-2H3,(H,19,21)/t17-/m1/s1. The lowest BCUT2D eigenvalue weighted by Gasteiger charge is -2.17. The lowest BCUT2D eigenvalue weighted by Crippen LogP contribution is -2.32. The number of rotatable bonds is 6. The molecule has 1 atom stereocenters. The number of benzene rings is 2. The van der Waals surface area contributed by atoms with Gasteiger partial charge in [-0.25, -0.2) is 0 Å². The summed E-state index contributed by atoms with van der Waals surface area (Å²) in [6.45, 7) is 3.38. The van der Waals surface area contributed by atoms with Gasteiger partial charge in [0.1, 0.15) is 5.75 Å². The van der Waals surface area contributed by atoms with Crippen molar-refractivity contribution in [1.82, 2.24) is 0 Å². The van der Waals surface area contributed by atoms with E-state index >= 15 is 0 Å². The summed E-state index contributed by atoms with van der Waals surface area (Å²) in [5.41, 5.74) is 1.29. The molecule has 0 unspecified atom stereocenters. The Morgan fingerprint density at radius 2 is 1.82 bits per heavy atom. The molecule has 0 saturated heterocycles. The van der Waals surface area contributed by atoms with Crippen molar-refractivity contribution in [3.05, 3.63) is 60.2 Å². The minimum absolute atomic E-state index is 0.0350. The van der Waals surface area contributed by atoms with Crippen LogP contribution in [0.25, 0.3) is 0 Å². The minimum atomic E-state index is -0.609. The van der Waals surface area contributed by atoms with E-state index in [4.69, 9.17) is 4.74 Å². The number of nitrogens with one attached hydrogen (secondary N) is 1. The monoisotopic (exact) mass is 297 g/mol. The fourth-order valence-electron chi connectivity index (χ4n) is 2.02. The number of para-hydroxylation sites is 1. The third kappa shape index (κ3) is 4.19. The summed E-state index contributed by atoms with van der Waals surface area (Å²) in [5.74, 6) is 0.275. The molecule has 0 bridgehead atoms. The molecule has 2 aromatic rings. The highest BCUT2D eigenvalue weighted by Gasteiger charge is 2.18. The van der Waals surface area contributed by atoms with E-state index in [9.17, 15) is 9.59 Å². The molecule has 0 radical (unpaired) electrons. The van der Waals surface area contributed by atoms with Crippen LogP contribution in [-0.4, -0.2) is 17.8 Å². The van der Waals surface area contributed by atoms with Crippen LogP contribution in [0.1, 0.15) is 30.6 Å². The van der Waals surface area contributed by atoms with Crippen LogP contribution in [0.2, 0.25) is 0 Å². The quantitative estimate of drug-likeness (QED) is 0.827.